The number of para-hydroxylation sites is 1. The summed E-state index contributed by atoms with van der Waals surface area (Å²) in [4.78, 5) is 4.38. The van der Waals surface area contributed by atoms with Gasteiger partial charge >= 0.3 is 0 Å². The average molecular weight is 368 g/mol. The Hall–Kier alpha value is -1.57. The fourth-order valence-corrected chi connectivity index (χ4v) is 3.25. The van der Waals surface area contributed by atoms with Crippen LogP contribution in [0.1, 0.15) is 16.6 Å². The summed E-state index contributed by atoms with van der Waals surface area (Å²) in [7, 11) is 0. The number of halogens is 1. The quantitative estimate of drug-likeness (QED) is 0.459. The normalized spacial score (nSPS) is 10.9. The van der Waals surface area contributed by atoms with Crippen LogP contribution in [0.4, 0.5) is 0 Å². The van der Waals surface area contributed by atoms with Crippen LogP contribution in [0.15, 0.2) is 39.3 Å². The van der Waals surface area contributed by atoms with Crippen molar-refractivity contribution in [3.63, 3.8) is 0 Å². The minimum atomic E-state index is 0.511. The SMILES string of the molecule is Cc1nc(Cc2nnc(SCCOc3ccccc3Cl)o2)cs1. The van der Waals surface area contributed by atoms with Crippen molar-refractivity contribution >= 4 is 34.7 Å². The Morgan fingerprint density at radius 2 is 2.17 bits per heavy atom. The van der Waals surface area contributed by atoms with Gasteiger partial charge in [-0.1, -0.05) is 35.5 Å². The van der Waals surface area contributed by atoms with Gasteiger partial charge in [-0.15, -0.1) is 21.5 Å². The van der Waals surface area contributed by atoms with E-state index < -0.39 is 0 Å². The van der Waals surface area contributed by atoms with E-state index in [-0.39, 0.29) is 0 Å². The Morgan fingerprint density at radius 1 is 1.30 bits per heavy atom. The number of aromatic nitrogens is 3. The molecule has 0 radical (unpaired) electrons. The van der Waals surface area contributed by atoms with Gasteiger partial charge < -0.3 is 9.15 Å². The summed E-state index contributed by atoms with van der Waals surface area (Å²) in [6.07, 6.45) is 0.564. The van der Waals surface area contributed by atoms with E-state index in [0.29, 0.717) is 40.7 Å². The topological polar surface area (TPSA) is 61.0 Å². The van der Waals surface area contributed by atoms with Crippen LogP contribution in [0.3, 0.4) is 0 Å². The van der Waals surface area contributed by atoms with Gasteiger partial charge in [-0.2, -0.15) is 0 Å². The third-order valence-corrected chi connectivity index (χ3v) is 4.77. The number of nitrogens with zero attached hydrogens (tertiary/aromatic N) is 3. The lowest BCUT2D eigenvalue weighted by molar-refractivity contribution is 0.343. The molecule has 0 amide bonds. The van der Waals surface area contributed by atoms with Crippen LogP contribution >= 0.6 is 34.7 Å². The molecule has 0 atom stereocenters. The summed E-state index contributed by atoms with van der Waals surface area (Å²) < 4.78 is 11.2. The highest BCUT2D eigenvalue weighted by atomic mass is 35.5. The molecular weight excluding hydrogens is 354 g/mol. The summed E-state index contributed by atoms with van der Waals surface area (Å²) in [6.45, 7) is 2.49. The summed E-state index contributed by atoms with van der Waals surface area (Å²) in [5, 5.41) is 12.2. The molecule has 2 aromatic heterocycles. The van der Waals surface area contributed by atoms with E-state index in [4.69, 9.17) is 20.8 Å². The highest BCUT2D eigenvalue weighted by molar-refractivity contribution is 7.99. The van der Waals surface area contributed by atoms with Crippen molar-refractivity contribution in [2.75, 3.05) is 12.4 Å². The lowest BCUT2D eigenvalue weighted by atomic mass is 10.3. The lowest BCUT2D eigenvalue weighted by Crippen LogP contribution is -2.00. The molecule has 0 unspecified atom stereocenters. The van der Waals surface area contributed by atoms with Gasteiger partial charge in [-0.25, -0.2) is 4.98 Å². The molecule has 8 heteroatoms. The largest absolute Gasteiger partial charge is 0.491 e. The summed E-state index contributed by atoms with van der Waals surface area (Å²) in [6, 6.07) is 7.40. The number of thiazole rings is 1. The second-order valence-corrected chi connectivity index (χ2v) is 7.14. The third kappa shape index (κ3) is 4.70. The van der Waals surface area contributed by atoms with E-state index in [1.165, 1.54) is 11.8 Å². The van der Waals surface area contributed by atoms with E-state index in [9.17, 15) is 0 Å². The minimum Gasteiger partial charge on any atom is -0.491 e. The van der Waals surface area contributed by atoms with Gasteiger partial charge in [-0.05, 0) is 19.1 Å². The van der Waals surface area contributed by atoms with E-state index >= 15 is 0 Å². The summed E-state index contributed by atoms with van der Waals surface area (Å²) in [5.41, 5.74) is 0.953. The predicted octanol–water partition coefficient (Wildman–Crippen LogP) is 4.25. The number of hydrogen-bond donors (Lipinski definition) is 0. The molecule has 5 nitrogen and oxygen atoms in total. The van der Waals surface area contributed by atoms with Gasteiger partial charge in [0.15, 0.2) is 0 Å². The highest BCUT2D eigenvalue weighted by Gasteiger charge is 2.09. The van der Waals surface area contributed by atoms with Gasteiger partial charge in [0.25, 0.3) is 5.22 Å². The first kappa shape index (κ1) is 16.3. The molecule has 0 saturated heterocycles. The number of benzene rings is 1. The molecule has 0 aliphatic carbocycles. The first-order valence-electron chi connectivity index (χ1n) is 6.94. The molecule has 0 saturated carbocycles. The lowest BCUT2D eigenvalue weighted by Gasteiger charge is -2.06. The Morgan fingerprint density at radius 3 is 2.96 bits per heavy atom. The third-order valence-electron chi connectivity index (χ3n) is 2.85. The highest BCUT2D eigenvalue weighted by Crippen LogP contribution is 2.24. The van der Waals surface area contributed by atoms with Crippen LogP contribution in [0.5, 0.6) is 5.75 Å². The van der Waals surface area contributed by atoms with Crippen molar-refractivity contribution in [2.24, 2.45) is 0 Å². The second kappa shape index (κ2) is 7.81. The molecule has 3 aromatic rings. The first-order valence-corrected chi connectivity index (χ1v) is 9.18. The molecule has 0 bridgehead atoms. The molecule has 23 heavy (non-hydrogen) atoms. The molecule has 0 fully saturated rings. The van der Waals surface area contributed by atoms with E-state index in [1.807, 2.05) is 30.5 Å². The van der Waals surface area contributed by atoms with Crippen molar-refractivity contribution in [1.29, 1.82) is 0 Å². The number of ether oxygens (including phenoxy) is 1. The summed E-state index contributed by atoms with van der Waals surface area (Å²) in [5.74, 6) is 1.95. The molecule has 0 aliphatic rings. The molecule has 0 aliphatic heterocycles. The van der Waals surface area contributed by atoms with Gasteiger partial charge in [-0.3, -0.25) is 0 Å². The molecule has 3 rings (SSSR count). The van der Waals surface area contributed by atoms with Gasteiger partial charge in [0.1, 0.15) is 5.75 Å². The zero-order valence-electron chi connectivity index (χ0n) is 12.4. The van der Waals surface area contributed by atoms with Crippen LogP contribution in [0.25, 0.3) is 0 Å². The summed E-state index contributed by atoms with van der Waals surface area (Å²) >= 11 is 9.09. The van der Waals surface area contributed by atoms with E-state index in [1.54, 1.807) is 17.4 Å². The van der Waals surface area contributed by atoms with Crippen molar-refractivity contribution in [3.05, 3.63) is 51.3 Å². The van der Waals surface area contributed by atoms with Crippen molar-refractivity contribution in [2.45, 2.75) is 18.6 Å². The molecular formula is C15H14ClN3O2S2. The number of hydrogen-bond acceptors (Lipinski definition) is 7. The average Bonchev–Trinajstić information content (AvgIpc) is 3.15. The van der Waals surface area contributed by atoms with Crippen LogP contribution in [0, 0.1) is 6.92 Å². The zero-order chi connectivity index (χ0) is 16.1. The van der Waals surface area contributed by atoms with Gasteiger partial charge in [0.05, 0.1) is 28.8 Å². The maximum absolute atomic E-state index is 6.02. The standard InChI is InChI=1S/C15H14ClN3O2S2/c1-10-17-11(9-23-10)8-14-18-19-15(21-14)22-7-6-20-13-5-3-2-4-12(13)16/h2-5,9H,6-8H2,1H3. The maximum Gasteiger partial charge on any atom is 0.276 e. The van der Waals surface area contributed by atoms with Crippen molar-refractivity contribution < 1.29 is 9.15 Å². The Labute approximate surface area is 147 Å². The maximum atomic E-state index is 6.02. The second-order valence-electron chi connectivity index (χ2n) is 4.62. The number of aryl methyl sites for hydroxylation is 1. The Kier molecular flexibility index (Phi) is 5.53. The molecule has 0 N–H and O–H groups in total. The van der Waals surface area contributed by atoms with E-state index in [0.717, 1.165) is 10.7 Å². The molecule has 1 aromatic carbocycles. The molecule has 0 spiro atoms. The minimum absolute atomic E-state index is 0.511. The monoisotopic (exact) mass is 367 g/mol. The zero-order valence-corrected chi connectivity index (χ0v) is 14.7. The van der Waals surface area contributed by atoms with Crippen molar-refractivity contribution in [3.8, 4) is 5.75 Å². The van der Waals surface area contributed by atoms with Crippen molar-refractivity contribution in [1.82, 2.24) is 15.2 Å². The van der Waals surface area contributed by atoms with Crippen LogP contribution < -0.4 is 4.74 Å². The Bertz CT molecular complexity index is 775. The molecule has 2 heterocycles. The number of rotatable bonds is 7. The Balaban J connectivity index is 1.45. The fourth-order valence-electron chi connectivity index (χ4n) is 1.85. The first-order chi connectivity index (χ1) is 11.2. The van der Waals surface area contributed by atoms with Gasteiger partial charge in [0, 0.05) is 11.1 Å². The number of thioether (sulfide) groups is 1. The van der Waals surface area contributed by atoms with Crippen LogP contribution in [-0.2, 0) is 6.42 Å². The van der Waals surface area contributed by atoms with Crippen LogP contribution in [-0.4, -0.2) is 27.5 Å². The fraction of sp³-hybridized carbons (Fsp3) is 0.267. The smallest absolute Gasteiger partial charge is 0.276 e. The predicted molar refractivity (Wildman–Crippen MR) is 91.6 cm³/mol. The molecule has 120 valence electrons. The van der Waals surface area contributed by atoms with Gasteiger partial charge in [0.2, 0.25) is 5.89 Å². The van der Waals surface area contributed by atoms with E-state index in [2.05, 4.69) is 15.2 Å². The van der Waals surface area contributed by atoms with Crippen LogP contribution in [0.2, 0.25) is 5.02 Å².